The Morgan fingerprint density at radius 3 is 2.94 bits per heavy atom. The summed E-state index contributed by atoms with van der Waals surface area (Å²) in [5, 5.41) is 22.9. The summed E-state index contributed by atoms with van der Waals surface area (Å²) in [5.74, 6) is 2.08. The molecule has 0 amide bonds. The first-order valence-electron chi connectivity index (χ1n) is 5.64. The van der Waals surface area contributed by atoms with E-state index in [1.165, 1.54) is 6.07 Å². The molecule has 0 aliphatic heterocycles. The highest BCUT2D eigenvalue weighted by atomic mass is 32.2. The van der Waals surface area contributed by atoms with Crippen LogP contribution in [0.3, 0.4) is 0 Å². The number of phenolic OH excluding ortho intramolecular Hbond substituents is 2. The van der Waals surface area contributed by atoms with Crippen molar-refractivity contribution in [3.8, 4) is 23.0 Å². The summed E-state index contributed by atoms with van der Waals surface area (Å²) in [6.07, 6.45) is 1.10. The van der Waals surface area contributed by atoms with Crippen molar-refractivity contribution in [3.05, 3.63) is 24.0 Å². The zero-order valence-electron chi connectivity index (χ0n) is 9.96. The first-order valence-corrected chi connectivity index (χ1v) is 6.79. The van der Waals surface area contributed by atoms with Crippen LogP contribution in [0.4, 0.5) is 0 Å². The molecule has 2 aromatic rings. The van der Waals surface area contributed by atoms with Gasteiger partial charge in [0.25, 0.3) is 5.89 Å². The SMILES string of the molecule is CCCSCc1noc(-c2cccc(O)c2O)n1. The number of aromatic hydroxyl groups is 2. The van der Waals surface area contributed by atoms with Crippen LogP contribution >= 0.6 is 11.8 Å². The fourth-order valence-electron chi connectivity index (χ4n) is 1.43. The van der Waals surface area contributed by atoms with Crippen LogP contribution in [0.1, 0.15) is 19.2 Å². The van der Waals surface area contributed by atoms with E-state index in [1.54, 1.807) is 23.9 Å². The highest BCUT2D eigenvalue weighted by molar-refractivity contribution is 7.98. The second-order valence-electron chi connectivity index (χ2n) is 3.74. The van der Waals surface area contributed by atoms with E-state index in [0.29, 0.717) is 17.1 Å². The molecule has 0 aliphatic rings. The Labute approximate surface area is 109 Å². The van der Waals surface area contributed by atoms with Crippen LogP contribution < -0.4 is 0 Å². The molecule has 6 heteroatoms. The lowest BCUT2D eigenvalue weighted by Gasteiger charge is -2.00. The van der Waals surface area contributed by atoms with E-state index in [9.17, 15) is 10.2 Å². The van der Waals surface area contributed by atoms with Gasteiger partial charge in [0.05, 0.1) is 11.3 Å². The fourth-order valence-corrected chi connectivity index (χ4v) is 2.17. The molecule has 1 aromatic heterocycles. The van der Waals surface area contributed by atoms with Gasteiger partial charge < -0.3 is 14.7 Å². The normalized spacial score (nSPS) is 10.7. The van der Waals surface area contributed by atoms with Gasteiger partial charge in [-0.2, -0.15) is 16.7 Å². The van der Waals surface area contributed by atoms with Gasteiger partial charge in [0, 0.05) is 0 Å². The molecule has 0 aliphatic carbocycles. The summed E-state index contributed by atoms with van der Waals surface area (Å²) in [4.78, 5) is 4.18. The monoisotopic (exact) mass is 266 g/mol. The van der Waals surface area contributed by atoms with Crippen molar-refractivity contribution in [2.45, 2.75) is 19.1 Å². The molecule has 18 heavy (non-hydrogen) atoms. The van der Waals surface area contributed by atoms with Crippen molar-refractivity contribution in [1.82, 2.24) is 10.1 Å². The molecule has 2 N–H and O–H groups in total. The van der Waals surface area contributed by atoms with Gasteiger partial charge in [-0.15, -0.1) is 0 Å². The van der Waals surface area contributed by atoms with Crippen LogP contribution in [0.15, 0.2) is 22.7 Å². The zero-order chi connectivity index (χ0) is 13.0. The van der Waals surface area contributed by atoms with Crippen molar-refractivity contribution < 1.29 is 14.7 Å². The smallest absolute Gasteiger partial charge is 0.261 e. The van der Waals surface area contributed by atoms with Crippen molar-refractivity contribution in [3.63, 3.8) is 0 Å². The number of phenols is 2. The molecule has 0 spiro atoms. The lowest BCUT2D eigenvalue weighted by molar-refractivity contribution is 0.396. The van der Waals surface area contributed by atoms with Gasteiger partial charge in [0.2, 0.25) is 0 Å². The van der Waals surface area contributed by atoms with Crippen molar-refractivity contribution >= 4 is 11.8 Å². The highest BCUT2D eigenvalue weighted by Gasteiger charge is 2.14. The zero-order valence-corrected chi connectivity index (χ0v) is 10.8. The molecule has 0 bridgehead atoms. The van der Waals surface area contributed by atoms with E-state index in [0.717, 1.165) is 12.2 Å². The molecule has 0 saturated heterocycles. The largest absolute Gasteiger partial charge is 0.504 e. The van der Waals surface area contributed by atoms with Crippen molar-refractivity contribution in [1.29, 1.82) is 0 Å². The van der Waals surface area contributed by atoms with Gasteiger partial charge in [0.1, 0.15) is 0 Å². The van der Waals surface area contributed by atoms with Crippen LogP contribution in [0.5, 0.6) is 11.5 Å². The Bertz CT molecular complexity index is 528. The lowest BCUT2D eigenvalue weighted by Crippen LogP contribution is -1.85. The van der Waals surface area contributed by atoms with Crippen LogP contribution in [0, 0.1) is 0 Å². The van der Waals surface area contributed by atoms with E-state index in [1.807, 2.05) is 0 Å². The summed E-state index contributed by atoms with van der Waals surface area (Å²) < 4.78 is 5.07. The van der Waals surface area contributed by atoms with Crippen molar-refractivity contribution in [2.75, 3.05) is 5.75 Å². The number of benzene rings is 1. The van der Waals surface area contributed by atoms with Crippen LogP contribution in [-0.4, -0.2) is 26.1 Å². The van der Waals surface area contributed by atoms with Gasteiger partial charge in [-0.25, -0.2) is 0 Å². The molecule has 96 valence electrons. The third-order valence-electron chi connectivity index (χ3n) is 2.29. The lowest BCUT2D eigenvalue weighted by atomic mass is 10.2. The fraction of sp³-hybridized carbons (Fsp3) is 0.333. The Hall–Kier alpha value is -1.69. The Morgan fingerprint density at radius 2 is 2.17 bits per heavy atom. The number of aromatic nitrogens is 2. The molecule has 1 heterocycles. The van der Waals surface area contributed by atoms with Gasteiger partial charge in [0.15, 0.2) is 17.3 Å². The minimum atomic E-state index is -0.242. The standard InChI is InChI=1S/C12H14N2O3S/c1-2-6-18-7-10-13-12(17-14-10)8-4-3-5-9(15)11(8)16/h3-5,15-16H,2,6-7H2,1H3. The number of hydrogen-bond acceptors (Lipinski definition) is 6. The number of thioether (sulfide) groups is 1. The van der Waals surface area contributed by atoms with Gasteiger partial charge in [-0.1, -0.05) is 18.1 Å². The van der Waals surface area contributed by atoms with E-state index < -0.39 is 0 Å². The van der Waals surface area contributed by atoms with Crippen LogP contribution in [0.2, 0.25) is 0 Å². The summed E-state index contributed by atoms with van der Waals surface area (Å²) in [5.41, 5.74) is 0.342. The maximum absolute atomic E-state index is 9.69. The van der Waals surface area contributed by atoms with Gasteiger partial charge >= 0.3 is 0 Å². The molecule has 0 atom stereocenters. The maximum atomic E-state index is 9.69. The van der Waals surface area contributed by atoms with E-state index in [4.69, 9.17) is 4.52 Å². The molecular weight excluding hydrogens is 252 g/mol. The van der Waals surface area contributed by atoms with Crippen molar-refractivity contribution in [2.24, 2.45) is 0 Å². The minimum Gasteiger partial charge on any atom is -0.504 e. The van der Waals surface area contributed by atoms with Crippen LogP contribution in [-0.2, 0) is 5.75 Å². The van der Waals surface area contributed by atoms with E-state index in [-0.39, 0.29) is 17.4 Å². The van der Waals surface area contributed by atoms with E-state index in [2.05, 4.69) is 17.1 Å². The number of rotatable bonds is 5. The molecule has 0 unspecified atom stereocenters. The highest BCUT2D eigenvalue weighted by Crippen LogP contribution is 2.35. The summed E-state index contributed by atoms with van der Waals surface area (Å²) >= 11 is 1.73. The summed E-state index contributed by atoms with van der Waals surface area (Å²) in [6.45, 7) is 2.11. The molecule has 0 saturated carbocycles. The molecule has 0 radical (unpaired) electrons. The minimum absolute atomic E-state index is 0.201. The molecule has 0 fully saturated rings. The van der Waals surface area contributed by atoms with E-state index >= 15 is 0 Å². The quantitative estimate of drug-likeness (QED) is 0.640. The third-order valence-corrected chi connectivity index (χ3v) is 3.45. The first kappa shape index (κ1) is 12.8. The molecule has 1 aromatic carbocycles. The topological polar surface area (TPSA) is 79.4 Å². The molecule has 5 nitrogen and oxygen atoms in total. The Balaban J connectivity index is 2.16. The molecular formula is C12H14N2O3S. The second-order valence-corrected chi connectivity index (χ2v) is 4.85. The third kappa shape index (κ3) is 2.76. The summed E-state index contributed by atoms with van der Waals surface area (Å²) in [7, 11) is 0. The van der Waals surface area contributed by atoms with Gasteiger partial charge in [-0.3, -0.25) is 0 Å². The first-order chi connectivity index (χ1) is 8.72. The number of para-hydroxylation sites is 1. The number of nitrogens with zero attached hydrogens (tertiary/aromatic N) is 2. The average molecular weight is 266 g/mol. The average Bonchev–Trinajstić information content (AvgIpc) is 2.82. The summed E-state index contributed by atoms with van der Waals surface area (Å²) in [6, 6.07) is 4.62. The number of hydrogen-bond donors (Lipinski definition) is 2. The molecule has 2 rings (SSSR count). The van der Waals surface area contributed by atoms with Crippen LogP contribution in [0.25, 0.3) is 11.5 Å². The Kier molecular flexibility index (Phi) is 4.09. The maximum Gasteiger partial charge on any atom is 0.261 e. The Morgan fingerprint density at radius 1 is 1.33 bits per heavy atom. The second kappa shape index (κ2) is 5.77. The predicted molar refractivity (Wildman–Crippen MR) is 69.5 cm³/mol. The predicted octanol–water partition coefficient (Wildman–Crippen LogP) is 2.79. The van der Waals surface area contributed by atoms with Gasteiger partial charge in [-0.05, 0) is 24.3 Å².